The Balaban J connectivity index is 2.06. The van der Waals surface area contributed by atoms with E-state index in [2.05, 4.69) is 24.4 Å². The van der Waals surface area contributed by atoms with Crippen LogP contribution in [0, 0.1) is 17.2 Å². The molecule has 1 aliphatic rings. The Morgan fingerprint density at radius 2 is 2.50 bits per heavy atom. The van der Waals surface area contributed by atoms with Crippen LogP contribution in [0.1, 0.15) is 23.8 Å². The lowest BCUT2D eigenvalue weighted by molar-refractivity contribution is -0.128. The molecular weight excluding hydrogens is 220 g/mol. The molecule has 1 unspecified atom stereocenters. The van der Waals surface area contributed by atoms with Gasteiger partial charge in [-0.1, -0.05) is 6.92 Å². The molecule has 0 spiro atoms. The maximum Gasteiger partial charge on any atom is 0.224 e. The van der Waals surface area contributed by atoms with Crippen LogP contribution in [0.4, 0.5) is 0 Å². The molecule has 2 heterocycles. The van der Waals surface area contributed by atoms with Gasteiger partial charge in [0.1, 0.15) is 0 Å². The number of nitriles is 1. The van der Waals surface area contributed by atoms with Crippen LogP contribution in [0.15, 0.2) is 11.4 Å². The second-order valence-electron chi connectivity index (χ2n) is 4.03. The molecule has 0 bridgehead atoms. The second kappa shape index (κ2) is 4.67. The number of likely N-dealkylation sites (tertiary alicyclic amines) is 1. The lowest BCUT2D eigenvalue weighted by Crippen LogP contribution is -2.24. The molecule has 1 atom stereocenters. The zero-order valence-electron chi connectivity index (χ0n) is 9.27. The van der Waals surface area contributed by atoms with E-state index in [1.807, 2.05) is 0 Å². The van der Waals surface area contributed by atoms with Gasteiger partial charge in [-0.15, -0.1) is 11.3 Å². The molecule has 1 aromatic rings. The maximum absolute atomic E-state index is 11.6. The minimum atomic E-state index is -0.113. The average Bonchev–Trinajstić information content (AvgIpc) is 2.86. The predicted octanol–water partition coefficient (Wildman–Crippen LogP) is 2.18. The summed E-state index contributed by atoms with van der Waals surface area (Å²) >= 11 is 1.70. The van der Waals surface area contributed by atoms with Crippen molar-refractivity contribution in [2.75, 3.05) is 6.54 Å². The van der Waals surface area contributed by atoms with Gasteiger partial charge in [0.15, 0.2) is 0 Å². The molecule has 1 aromatic heterocycles. The molecule has 1 amide bonds. The van der Waals surface area contributed by atoms with Crippen molar-refractivity contribution in [2.45, 2.75) is 26.3 Å². The van der Waals surface area contributed by atoms with Gasteiger partial charge in [-0.2, -0.15) is 5.26 Å². The standard InChI is InChI=1S/C12H14N2OS/c1-2-10-3-4-16-11(10)8-14-7-9(6-13)5-12(14)15/h3-4,9H,2,5,7-8H2,1H3. The monoisotopic (exact) mass is 234 g/mol. The lowest BCUT2D eigenvalue weighted by atomic mass is 10.1. The highest BCUT2D eigenvalue weighted by Gasteiger charge is 2.29. The van der Waals surface area contributed by atoms with Gasteiger partial charge in [0, 0.05) is 17.8 Å². The minimum absolute atomic E-state index is 0.113. The molecule has 0 radical (unpaired) electrons. The molecule has 0 aliphatic carbocycles. The third kappa shape index (κ3) is 2.10. The Hall–Kier alpha value is -1.34. The highest BCUT2D eigenvalue weighted by atomic mass is 32.1. The summed E-state index contributed by atoms with van der Waals surface area (Å²) in [5, 5.41) is 10.9. The van der Waals surface area contributed by atoms with Crippen molar-refractivity contribution in [3.05, 3.63) is 21.9 Å². The minimum Gasteiger partial charge on any atom is -0.336 e. The first-order chi connectivity index (χ1) is 7.74. The zero-order chi connectivity index (χ0) is 11.5. The molecule has 16 heavy (non-hydrogen) atoms. The van der Waals surface area contributed by atoms with Crippen molar-refractivity contribution in [3.63, 3.8) is 0 Å². The topological polar surface area (TPSA) is 44.1 Å². The van der Waals surface area contributed by atoms with E-state index in [-0.39, 0.29) is 11.8 Å². The van der Waals surface area contributed by atoms with Crippen LogP contribution >= 0.6 is 11.3 Å². The number of hydrogen-bond donors (Lipinski definition) is 0. The Morgan fingerprint density at radius 1 is 1.69 bits per heavy atom. The van der Waals surface area contributed by atoms with E-state index >= 15 is 0 Å². The van der Waals surface area contributed by atoms with Crippen LogP contribution in [-0.4, -0.2) is 17.4 Å². The fourth-order valence-corrected chi connectivity index (χ4v) is 3.00. The largest absolute Gasteiger partial charge is 0.336 e. The maximum atomic E-state index is 11.6. The first kappa shape index (κ1) is 11.2. The first-order valence-electron chi connectivity index (χ1n) is 5.47. The van der Waals surface area contributed by atoms with Crippen LogP contribution in [0.25, 0.3) is 0 Å². The molecule has 3 nitrogen and oxygen atoms in total. The number of nitrogens with zero attached hydrogens (tertiary/aromatic N) is 2. The van der Waals surface area contributed by atoms with Crippen LogP contribution in [-0.2, 0) is 17.8 Å². The molecule has 1 aliphatic heterocycles. The van der Waals surface area contributed by atoms with Crippen molar-refractivity contribution in [2.24, 2.45) is 5.92 Å². The molecule has 0 aromatic carbocycles. The molecule has 4 heteroatoms. The van der Waals surface area contributed by atoms with Gasteiger partial charge in [-0.05, 0) is 23.4 Å². The summed E-state index contributed by atoms with van der Waals surface area (Å²) in [6, 6.07) is 4.29. The van der Waals surface area contributed by atoms with Gasteiger partial charge in [-0.3, -0.25) is 4.79 Å². The lowest BCUT2D eigenvalue weighted by Gasteiger charge is -2.15. The summed E-state index contributed by atoms with van der Waals surface area (Å²) < 4.78 is 0. The summed E-state index contributed by atoms with van der Waals surface area (Å²) in [5.74, 6) is -0.000424. The normalized spacial score (nSPS) is 20.1. The number of rotatable bonds is 3. The summed E-state index contributed by atoms with van der Waals surface area (Å²) in [6.45, 7) is 3.39. The molecule has 84 valence electrons. The van der Waals surface area contributed by atoms with Crippen molar-refractivity contribution in [3.8, 4) is 6.07 Å². The summed E-state index contributed by atoms with van der Waals surface area (Å²) in [5.41, 5.74) is 1.32. The van der Waals surface area contributed by atoms with E-state index in [0.29, 0.717) is 19.5 Å². The van der Waals surface area contributed by atoms with Gasteiger partial charge < -0.3 is 4.90 Å². The van der Waals surface area contributed by atoms with Gasteiger partial charge in [0.05, 0.1) is 18.5 Å². The van der Waals surface area contributed by atoms with E-state index in [1.165, 1.54) is 10.4 Å². The number of aryl methyl sites for hydroxylation is 1. The Kier molecular flexibility index (Phi) is 3.25. The third-order valence-electron chi connectivity index (χ3n) is 2.95. The van der Waals surface area contributed by atoms with E-state index in [0.717, 1.165) is 6.42 Å². The number of thiophene rings is 1. The predicted molar refractivity (Wildman–Crippen MR) is 62.8 cm³/mol. The van der Waals surface area contributed by atoms with Gasteiger partial charge in [-0.25, -0.2) is 0 Å². The molecule has 2 rings (SSSR count). The number of carbonyl (C=O) groups excluding carboxylic acids is 1. The summed E-state index contributed by atoms with van der Waals surface area (Å²) in [7, 11) is 0. The van der Waals surface area contributed by atoms with Gasteiger partial charge in [0.25, 0.3) is 0 Å². The fourth-order valence-electron chi connectivity index (χ4n) is 2.01. The highest BCUT2D eigenvalue weighted by Crippen LogP contribution is 2.24. The number of hydrogen-bond acceptors (Lipinski definition) is 3. The van der Waals surface area contributed by atoms with Crippen LogP contribution < -0.4 is 0 Å². The van der Waals surface area contributed by atoms with E-state index in [4.69, 9.17) is 5.26 Å². The average molecular weight is 234 g/mol. The zero-order valence-corrected chi connectivity index (χ0v) is 10.1. The van der Waals surface area contributed by atoms with Crippen LogP contribution in [0.3, 0.4) is 0 Å². The first-order valence-corrected chi connectivity index (χ1v) is 6.35. The fraction of sp³-hybridized carbons (Fsp3) is 0.500. The van der Waals surface area contributed by atoms with Crippen molar-refractivity contribution in [1.29, 1.82) is 5.26 Å². The van der Waals surface area contributed by atoms with E-state index in [9.17, 15) is 4.79 Å². The van der Waals surface area contributed by atoms with Gasteiger partial charge in [0.2, 0.25) is 5.91 Å². The Labute approximate surface area is 99.3 Å². The smallest absolute Gasteiger partial charge is 0.224 e. The number of carbonyl (C=O) groups is 1. The summed E-state index contributed by atoms with van der Waals surface area (Å²) in [6.07, 6.45) is 1.39. The molecular formula is C12H14N2OS. The molecule has 1 fully saturated rings. The van der Waals surface area contributed by atoms with Crippen LogP contribution in [0.5, 0.6) is 0 Å². The third-order valence-corrected chi connectivity index (χ3v) is 3.90. The highest BCUT2D eigenvalue weighted by molar-refractivity contribution is 7.10. The Morgan fingerprint density at radius 3 is 3.12 bits per heavy atom. The SMILES string of the molecule is CCc1ccsc1CN1CC(C#N)CC1=O. The van der Waals surface area contributed by atoms with E-state index < -0.39 is 0 Å². The molecule has 0 saturated carbocycles. The molecule has 1 saturated heterocycles. The van der Waals surface area contributed by atoms with Crippen LogP contribution in [0.2, 0.25) is 0 Å². The van der Waals surface area contributed by atoms with Gasteiger partial charge >= 0.3 is 0 Å². The number of amides is 1. The quantitative estimate of drug-likeness (QED) is 0.804. The second-order valence-corrected chi connectivity index (χ2v) is 5.03. The van der Waals surface area contributed by atoms with E-state index in [1.54, 1.807) is 16.2 Å². The molecule has 0 N–H and O–H groups in total. The van der Waals surface area contributed by atoms with Crippen molar-refractivity contribution in [1.82, 2.24) is 4.90 Å². The van der Waals surface area contributed by atoms with Crippen molar-refractivity contribution < 1.29 is 4.79 Å². The summed E-state index contributed by atoms with van der Waals surface area (Å²) in [4.78, 5) is 14.7. The van der Waals surface area contributed by atoms with Crippen molar-refractivity contribution >= 4 is 17.2 Å². The Bertz CT molecular complexity index is 432.